The summed E-state index contributed by atoms with van der Waals surface area (Å²) in [6.45, 7) is 2.52. The Bertz CT molecular complexity index is 140. The van der Waals surface area contributed by atoms with Crippen LogP contribution in [-0.4, -0.2) is 18.8 Å². The van der Waals surface area contributed by atoms with Gasteiger partial charge in [0, 0.05) is 6.54 Å². The molecule has 1 heterocycles. The number of rotatable bonds is 1. The predicted octanol–water partition coefficient (Wildman–Crippen LogP) is 1.70. The van der Waals surface area contributed by atoms with Crippen molar-refractivity contribution in [2.45, 2.75) is 25.7 Å². The van der Waals surface area contributed by atoms with Crippen LogP contribution < -0.4 is 5.32 Å². The molecule has 1 saturated heterocycles. The second-order valence-corrected chi connectivity index (χ2v) is 4.58. The molecule has 0 bridgehead atoms. The molecule has 0 amide bonds. The molecule has 0 radical (unpaired) electrons. The van der Waals surface area contributed by atoms with E-state index in [4.69, 9.17) is 0 Å². The van der Waals surface area contributed by atoms with Crippen molar-refractivity contribution in [2.75, 3.05) is 18.8 Å². The van der Waals surface area contributed by atoms with E-state index >= 15 is 0 Å². The van der Waals surface area contributed by atoms with Gasteiger partial charge in [0.25, 0.3) is 0 Å². The molecule has 1 spiro atoms. The number of nitrogens with one attached hydrogen (secondary N) is 1. The van der Waals surface area contributed by atoms with Crippen LogP contribution in [0.25, 0.3) is 0 Å². The van der Waals surface area contributed by atoms with Crippen molar-refractivity contribution in [3.8, 4) is 0 Å². The monoisotopic (exact) mass is 171 g/mol. The highest BCUT2D eigenvalue weighted by molar-refractivity contribution is 7.80. The zero-order chi connectivity index (χ0) is 7.73. The number of thiol groups is 1. The Kier molecular flexibility index (Phi) is 2.15. The smallest absolute Gasteiger partial charge is 0.000840 e. The molecule has 0 unspecified atom stereocenters. The van der Waals surface area contributed by atoms with Crippen molar-refractivity contribution in [1.82, 2.24) is 5.32 Å². The van der Waals surface area contributed by atoms with Gasteiger partial charge in [-0.05, 0) is 49.3 Å². The molecule has 1 saturated carbocycles. The van der Waals surface area contributed by atoms with Gasteiger partial charge in [-0.3, -0.25) is 0 Å². The minimum Gasteiger partial charge on any atom is -0.316 e. The second kappa shape index (κ2) is 2.98. The van der Waals surface area contributed by atoms with E-state index in [0.29, 0.717) is 5.41 Å². The fraction of sp³-hybridized carbons (Fsp3) is 1.00. The Morgan fingerprint density at radius 2 is 2.36 bits per heavy atom. The summed E-state index contributed by atoms with van der Waals surface area (Å²) in [5.41, 5.74) is 0.702. The fourth-order valence-corrected chi connectivity index (χ4v) is 2.98. The summed E-state index contributed by atoms with van der Waals surface area (Å²) in [7, 11) is 0. The summed E-state index contributed by atoms with van der Waals surface area (Å²) < 4.78 is 0. The van der Waals surface area contributed by atoms with Crippen LogP contribution in [0.5, 0.6) is 0 Å². The molecule has 0 aromatic heterocycles. The molecule has 2 fully saturated rings. The van der Waals surface area contributed by atoms with Crippen LogP contribution in [0, 0.1) is 11.3 Å². The van der Waals surface area contributed by atoms with Crippen LogP contribution in [0.2, 0.25) is 0 Å². The molecule has 64 valence electrons. The normalized spacial score (nSPS) is 43.9. The molecule has 1 nitrogen and oxygen atoms in total. The van der Waals surface area contributed by atoms with Gasteiger partial charge < -0.3 is 5.32 Å². The summed E-state index contributed by atoms with van der Waals surface area (Å²) in [6.07, 6.45) is 5.72. The van der Waals surface area contributed by atoms with Gasteiger partial charge in [-0.2, -0.15) is 12.6 Å². The topological polar surface area (TPSA) is 12.0 Å². The van der Waals surface area contributed by atoms with Gasteiger partial charge in [-0.15, -0.1) is 0 Å². The summed E-state index contributed by atoms with van der Waals surface area (Å²) in [5.74, 6) is 2.01. The van der Waals surface area contributed by atoms with Gasteiger partial charge in [0.1, 0.15) is 0 Å². The molecule has 2 rings (SSSR count). The van der Waals surface area contributed by atoms with E-state index in [0.717, 1.165) is 11.7 Å². The maximum absolute atomic E-state index is 4.37. The highest BCUT2D eigenvalue weighted by Crippen LogP contribution is 2.45. The van der Waals surface area contributed by atoms with Crippen LogP contribution in [0.4, 0.5) is 0 Å². The first kappa shape index (κ1) is 7.93. The third-order valence-electron chi connectivity index (χ3n) is 3.39. The van der Waals surface area contributed by atoms with E-state index in [1.165, 1.54) is 38.8 Å². The first-order chi connectivity index (χ1) is 5.35. The lowest BCUT2D eigenvalue weighted by molar-refractivity contribution is 0.325. The quantitative estimate of drug-likeness (QED) is 0.572. The lowest BCUT2D eigenvalue weighted by Crippen LogP contribution is -2.20. The second-order valence-electron chi connectivity index (χ2n) is 4.22. The number of hydrogen-bond donors (Lipinski definition) is 2. The van der Waals surface area contributed by atoms with Gasteiger partial charge in [-0.1, -0.05) is 0 Å². The molecule has 1 aliphatic carbocycles. The molecule has 2 heteroatoms. The first-order valence-electron chi connectivity index (χ1n) is 4.66. The van der Waals surface area contributed by atoms with E-state index in [1.54, 1.807) is 0 Å². The van der Waals surface area contributed by atoms with Crippen molar-refractivity contribution < 1.29 is 0 Å². The van der Waals surface area contributed by atoms with E-state index in [1.807, 2.05) is 0 Å². The van der Waals surface area contributed by atoms with Crippen LogP contribution >= 0.6 is 12.6 Å². The maximum atomic E-state index is 4.37. The Balaban J connectivity index is 1.96. The highest BCUT2D eigenvalue weighted by Gasteiger charge is 2.40. The maximum Gasteiger partial charge on any atom is 0.000840 e. The predicted molar refractivity (Wildman–Crippen MR) is 51.1 cm³/mol. The van der Waals surface area contributed by atoms with E-state index in [2.05, 4.69) is 17.9 Å². The van der Waals surface area contributed by atoms with Gasteiger partial charge in [0.2, 0.25) is 0 Å². The van der Waals surface area contributed by atoms with E-state index in [9.17, 15) is 0 Å². The lowest BCUT2D eigenvalue weighted by Gasteiger charge is -2.21. The Morgan fingerprint density at radius 1 is 1.45 bits per heavy atom. The van der Waals surface area contributed by atoms with Gasteiger partial charge in [0.15, 0.2) is 0 Å². The molecule has 2 aliphatic rings. The SMILES string of the molecule is SC[C@H]1CC[C@@]2(CCNC2)C1. The number of hydrogen-bond acceptors (Lipinski definition) is 2. The molecule has 0 aromatic carbocycles. The van der Waals surface area contributed by atoms with Crippen molar-refractivity contribution in [2.24, 2.45) is 11.3 Å². The van der Waals surface area contributed by atoms with Gasteiger partial charge in [0.05, 0.1) is 0 Å². The molecule has 1 N–H and O–H groups in total. The molecule has 11 heavy (non-hydrogen) atoms. The molecule has 0 aromatic rings. The third-order valence-corrected chi connectivity index (χ3v) is 3.91. The summed E-state index contributed by atoms with van der Waals surface area (Å²) in [6, 6.07) is 0. The van der Waals surface area contributed by atoms with Gasteiger partial charge in [-0.25, -0.2) is 0 Å². The Morgan fingerprint density at radius 3 is 2.91 bits per heavy atom. The van der Waals surface area contributed by atoms with Crippen molar-refractivity contribution in [3.63, 3.8) is 0 Å². The van der Waals surface area contributed by atoms with Crippen LogP contribution in [-0.2, 0) is 0 Å². The highest BCUT2D eigenvalue weighted by atomic mass is 32.1. The largest absolute Gasteiger partial charge is 0.316 e. The first-order valence-corrected chi connectivity index (χ1v) is 5.29. The standard InChI is InChI=1S/C9H17NS/c11-6-8-1-2-9(5-8)3-4-10-7-9/h8,10-11H,1-7H2/t8-,9+/m0/s1. The van der Waals surface area contributed by atoms with Crippen LogP contribution in [0.3, 0.4) is 0 Å². The fourth-order valence-electron chi connectivity index (χ4n) is 2.67. The lowest BCUT2D eigenvalue weighted by atomic mass is 9.85. The average molecular weight is 171 g/mol. The molecular weight excluding hydrogens is 154 g/mol. The summed E-state index contributed by atoms with van der Waals surface area (Å²) >= 11 is 4.37. The zero-order valence-corrected chi connectivity index (χ0v) is 7.87. The minimum absolute atomic E-state index is 0.702. The van der Waals surface area contributed by atoms with Crippen molar-refractivity contribution in [3.05, 3.63) is 0 Å². The molecular formula is C9H17NS. The van der Waals surface area contributed by atoms with Crippen molar-refractivity contribution in [1.29, 1.82) is 0 Å². The Labute approximate surface area is 74.4 Å². The van der Waals surface area contributed by atoms with E-state index < -0.39 is 0 Å². The zero-order valence-electron chi connectivity index (χ0n) is 6.97. The van der Waals surface area contributed by atoms with Crippen LogP contribution in [0.1, 0.15) is 25.7 Å². The summed E-state index contributed by atoms with van der Waals surface area (Å²) in [4.78, 5) is 0. The van der Waals surface area contributed by atoms with Crippen LogP contribution in [0.15, 0.2) is 0 Å². The van der Waals surface area contributed by atoms with Gasteiger partial charge >= 0.3 is 0 Å². The Hall–Kier alpha value is 0.310. The minimum atomic E-state index is 0.702. The van der Waals surface area contributed by atoms with Crippen molar-refractivity contribution >= 4 is 12.6 Å². The summed E-state index contributed by atoms with van der Waals surface area (Å²) in [5, 5.41) is 3.47. The average Bonchev–Trinajstić information content (AvgIpc) is 2.62. The molecule has 2 atom stereocenters. The third kappa shape index (κ3) is 1.43. The van der Waals surface area contributed by atoms with E-state index in [-0.39, 0.29) is 0 Å². The molecule has 1 aliphatic heterocycles.